The van der Waals surface area contributed by atoms with Crippen LogP contribution in [0.2, 0.25) is 0 Å². The third kappa shape index (κ3) is 8.15. The number of urea groups is 1. The molecular formula is C30H42FN5O4S2. The van der Waals surface area contributed by atoms with Crippen molar-refractivity contribution < 1.29 is 22.4 Å². The van der Waals surface area contributed by atoms with Gasteiger partial charge in [-0.1, -0.05) is 23.5 Å². The molecule has 0 radical (unpaired) electrons. The number of Topliss-reactive ketones (excluding diaryl/α,β-unsaturated/α-hetero) is 1. The number of rotatable bonds is 8. The van der Waals surface area contributed by atoms with Gasteiger partial charge >= 0.3 is 6.03 Å². The number of nitrogens with zero attached hydrogens (tertiary/aromatic N) is 3. The molecule has 1 aromatic heterocycles. The smallest absolute Gasteiger partial charge is 0.321 e. The maximum atomic E-state index is 13.4. The first kappa shape index (κ1) is 31.0. The van der Waals surface area contributed by atoms with Gasteiger partial charge in [0.1, 0.15) is 15.7 Å². The number of amides is 2. The van der Waals surface area contributed by atoms with Crippen molar-refractivity contribution in [2.45, 2.75) is 64.5 Å². The van der Waals surface area contributed by atoms with Crippen LogP contribution in [-0.2, 0) is 16.3 Å². The fourth-order valence-corrected chi connectivity index (χ4v) is 9.18. The van der Waals surface area contributed by atoms with Gasteiger partial charge in [0.15, 0.2) is 10.9 Å². The summed E-state index contributed by atoms with van der Waals surface area (Å²) in [4.78, 5) is 34.8. The normalized spacial score (nSPS) is 25.6. The van der Waals surface area contributed by atoms with Crippen molar-refractivity contribution in [3.63, 3.8) is 0 Å². The molecule has 3 aliphatic heterocycles. The molecule has 230 valence electrons. The number of ketones is 1. The lowest BCUT2D eigenvalue weighted by atomic mass is 9.87. The van der Waals surface area contributed by atoms with Crippen LogP contribution in [-0.4, -0.2) is 91.3 Å². The molecule has 12 heteroatoms. The molecule has 3 saturated heterocycles. The lowest BCUT2D eigenvalue weighted by Gasteiger charge is -2.45. The summed E-state index contributed by atoms with van der Waals surface area (Å²) in [6.45, 7) is 7.68. The molecule has 42 heavy (non-hydrogen) atoms. The van der Waals surface area contributed by atoms with E-state index in [2.05, 4.69) is 25.4 Å². The van der Waals surface area contributed by atoms with Crippen LogP contribution in [0, 0.1) is 24.6 Å². The number of hydrogen-bond donors (Lipinski definition) is 2. The Kier molecular flexibility index (Phi) is 9.96. The van der Waals surface area contributed by atoms with Crippen molar-refractivity contribution in [1.29, 1.82) is 0 Å². The van der Waals surface area contributed by atoms with Crippen molar-refractivity contribution in [3.05, 3.63) is 46.2 Å². The molecule has 3 atom stereocenters. The summed E-state index contributed by atoms with van der Waals surface area (Å²) in [5, 5.41) is 6.45. The molecule has 1 aromatic carbocycles. The van der Waals surface area contributed by atoms with Gasteiger partial charge < -0.3 is 10.2 Å². The average Bonchev–Trinajstić information content (AvgIpc) is 3.31. The van der Waals surface area contributed by atoms with Crippen molar-refractivity contribution in [2.24, 2.45) is 11.8 Å². The van der Waals surface area contributed by atoms with Crippen LogP contribution in [0.5, 0.6) is 0 Å². The van der Waals surface area contributed by atoms with Crippen molar-refractivity contribution >= 4 is 38.1 Å². The number of carbonyl (C=O) groups excluding carboxylic acids is 2. The second kappa shape index (κ2) is 13.5. The van der Waals surface area contributed by atoms with Crippen LogP contribution < -0.4 is 10.6 Å². The Morgan fingerprint density at radius 1 is 1.07 bits per heavy atom. The maximum Gasteiger partial charge on any atom is 0.321 e. The highest BCUT2D eigenvalue weighted by atomic mass is 32.2. The van der Waals surface area contributed by atoms with Gasteiger partial charge in [-0.15, -0.1) is 0 Å². The highest BCUT2D eigenvalue weighted by molar-refractivity contribution is 7.91. The van der Waals surface area contributed by atoms with Crippen molar-refractivity contribution in [2.75, 3.05) is 49.5 Å². The molecule has 2 aromatic rings. The predicted molar refractivity (Wildman–Crippen MR) is 163 cm³/mol. The van der Waals surface area contributed by atoms with Crippen molar-refractivity contribution in [3.8, 4) is 0 Å². The van der Waals surface area contributed by atoms with Gasteiger partial charge in [0.05, 0.1) is 22.1 Å². The van der Waals surface area contributed by atoms with E-state index in [9.17, 15) is 22.4 Å². The maximum absolute atomic E-state index is 13.4. The minimum Gasteiger partial charge on any atom is -0.335 e. The number of hydrogen-bond acceptors (Lipinski definition) is 8. The fourth-order valence-electron chi connectivity index (χ4n) is 6.86. The summed E-state index contributed by atoms with van der Waals surface area (Å²) < 4.78 is 37.5. The van der Waals surface area contributed by atoms with E-state index in [1.54, 1.807) is 6.92 Å². The standard InChI is InChI=1S/C30H42FN5O4S2/c1-20-28(21(2)37)41-30(32-20)34-29(38)33-27-9-13-36(26-10-14-42(39,40)15-11-26)19-24(27)18-35-12-3-4-23(17-35)16-22-5-7-25(31)8-6-22/h5-8,23-24,26-27H,3-4,9-19H2,1-2H3,(H2,32,33,34,38)/t23-,24+,27+/m0/s1. The van der Waals surface area contributed by atoms with Gasteiger partial charge in [-0.25, -0.2) is 22.6 Å². The number of thiazole rings is 1. The highest BCUT2D eigenvalue weighted by Crippen LogP contribution is 2.29. The zero-order valence-corrected chi connectivity index (χ0v) is 26.1. The van der Waals surface area contributed by atoms with E-state index in [-0.39, 0.29) is 47.1 Å². The molecule has 0 spiro atoms. The Balaban J connectivity index is 1.24. The monoisotopic (exact) mass is 619 g/mol. The van der Waals surface area contributed by atoms with Crippen LogP contribution in [0.3, 0.4) is 0 Å². The van der Waals surface area contributed by atoms with Crippen molar-refractivity contribution in [1.82, 2.24) is 20.1 Å². The molecule has 3 fully saturated rings. The van der Waals surface area contributed by atoms with Crippen LogP contribution >= 0.6 is 11.3 Å². The summed E-state index contributed by atoms with van der Waals surface area (Å²) in [5.41, 5.74) is 1.77. The largest absolute Gasteiger partial charge is 0.335 e. The number of nitrogens with one attached hydrogen (secondary N) is 2. The van der Waals surface area contributed by atoms with Gasteiger partial charge in [-0.3, -0.25) is 15.0 Å². The highest BCUT2D eigenvalue weighted by Gasteiger charge is 2.37. The first-order chi connectivity index (χ1) is 20.0. The number of aromatic nitrogens is 1. The summed E-state index contributed by atoms with van der Waals surface area (Å²) in [6.07, 6.45) is 5.27. The average molecular weight is 620 g/mol. The number of sulfone groups is 1. The number of anilines is 1. The van der Waals surface area contributed by atoms with E-state index in [0.29, 0.717) is 34.5 Å². The van der Waals surface area contributed by atoms with Gasteiger partial charge in [-0.05, 0) is 75.6 Å². The van der Waals surface area contributed by atoms with Gasteiger partial charge in [0, 0.05) is 51.1 Å². The third-order valence-electron chi connectivity index (χ3n) is 8.99. The number of carbonyl (C=O) groups is 2. The van der Waals surface area contributed by atoms with E-state index >= 15 is 0 Å². The first-order valence-electron chi connectivity index (χ1n) is 15.0. The number of likely N-dealkylation sites (tertiary alicyclic amines) is 2. The molecule has 2 amide bonds. The Labute approximate surface area is 252 Å². The summed E-state index contributed by atoms with van der Waals surface area (Å²) in [6, 6.07) is 6.69. The van der Waals surface area contributed by atoms with Crippen LogP contribution in [0.25, 0.3) is 0 Å². The van der Waals surface area contributed by atoms with Gasteiger partial charge in [0.25, 0.3) is 0 Å². The van der Waals surface area contributed by atoms with Crippen LogP contribution in [0.1, 0.15) is 60.0 Å². The molecule has 0 unspecified atom stereocenters. The first-order valence-corrected chi connectivity index (χ1v) is 17.7. The minimum atomic E-state index is -2.94. The van der Waals surface area contributed by atoms with Gasteiger partial charge in [-0.2, -0.15) is 0 Å². The van der Waals surface area contributed by atoms with Gasteiger partial charge in [0.2, 0.25) is 0 Å². The molecule has 0 bridgehead atoms. The SMILES string of the molecule is CC(=O)c1sc(NC(=O)N[C@@H]2CCN(C3CCS(=O)(=O)CC3)C[C@H]2CN2CCC[C@@H](Cc3ccc(F)cc3)C2)nc1C. The van der Waals surface area contributed by atoms with E-state index in [0.717, 1.165) is 64.0 Å². The van der Waals surface area contributed by atoms with E-state index < -0.39 is 9.84 Å². The molecule has 5 rings (SSSR count). The molecule has 9 nitrogen and oxygen atoms in total. The Bertz CT molecular complexity index is 1350. The topological polar surface area (TPSA) is 112 Å². The minimum absolute atomic E-state index is 0.0422. The summed E-state index contributed by atoms with van der Waals surface area (Å²) in [5.74, 6) is 0.878. The Morgan fingerprint density at radius 2 is 1.81 bits per heavy atom. The van der Waals surface area contributed by atoms with E-state index in [4.69, 9.17) is 0 Å². The number of halogens is 1. The fraction of sp³-hybridized carbons (Fsp3) is 0.633. The second-order valence-electron chi connectivity index (χ2n) is 12.2. The quantitative estimate of drug-likeness (QED) is 0.428. The lowest BCUT2D eigenvalue weighted by molar-refractivity contribution is 0.0603. The van der Waals surface area contributed by atoms with E-state index in [1.165, 1.54) is 30.4 Å². The van der Waals surface area contributed by atoms with Crippen LogP contribution in [0.4, 0.5) is 14.3 Å². The predicted octanol–water partition coefficient (Wildman–Crippen LogP) is 4.14. The molecule has 0 saturated carbocycles. The molecule has 0 aliphatic carbocycles. The summed E-state index contributed by atoms with van der Waals surface area (Å²) >= 11 is 1.19. The molecule has 3 aliphatic rings. The molecule has 4 heterocycles. The van der Waals surface area contributed by atoms with Crippen LogP contribution in [0.15, 0.2) is 24.3 Å². The Morgan fingerprint density at radius 3 is 2.50 bits per heavy atom. The third-order valence-corrected chi connectivity index (χ3v) is 11.9. The number of piperidine rings is 2. The number of aryl methyl sites for hydroxylation is 1. The Hall–Kier alpha value is -2.41. The second-order valence-corrected chi connectivity index (χ2v) is 15.5. The summed E-state index contributed by atoms with van der Waals surface area (Å²) in [7, 11) is -2.94. The zero-order chi connectivity index (χ0) is 29.9. The lowest BCUT2D eigenvalue weighted by Crippen LogP contribution is -2.58. The zero-order valence-electron chi connectivity index (χ0n) is 24.5. The number of benzene rings is 1. The van der Waals surface area contributed by atoms with E-state index in [1.807, 2.05) is 12.1 Å². The molecule has 2 N–H and O–H groups in total. The molecular weight excluding hydrogens is 577 g/mol.